The molecule has 0 fully saturated rings. The number of aliphatic hydroxyl groups is 1. The van der Waals surface area contributed by atoms with Crippen molar-refractivity contribution in [3.63, 3.8) is 0 Å². The standard InChI is InChI=1S/C13H21N5O2S/c1-7(5-9(6-19)20-3)18-8(2)15-10-11(18)16-13(14)17-12(10)21-4/h7,9,19H,5-6H2,1-4H3,(H2,14,16,17). The molecule has 2 unspecified atom stereocenters. The van der Waals surface area contributed by atoms with E-state index in [1.807, 2.05) is 24.7 Å². The maximum Gasteiger partial charge on any atom is 0.223 e. The van der Waals surface area contributed by atoms with Crippen molar-refractivity contribution in [2.45, 2.75) is 37.4 Å². The van der Waals surface area contributed by atoms with Crippen molar-refractivity contribution < 1.29 is 9.84 Å². The molecule has 0 spiro atoms. The van der Waals surface area contributed by atoms with Crippen LogP contribution in [0.1, 0.15) is 25.2 Å². The molecule has 2 heterocycles. The van der Waals surface area contributed by atoms with E-state index >= 15 is 0 Å². The molecule has 0 aromatic carbocycles. The van der Waals surface area contributed by atoms with Crippen LogP contribution in [0.15, 0.2) is 5.03 Å². The third-order valence-electron chi connectivity index (χ3n) is 3.48. The molecular weight excluding hydrogens is 290 g/mol. The van der Waals surface area contributed by atoms with Gasteiger partial charge in [0.2, 0.25) is 5.95 Å². The Labute approximate surface area is 127 Å². The molecule has 3 N–H and O–H groups in total. The van der Waals surface area contributed by atoms with Crippen LogP contribution in [0.2, 0.25) is 0 Å². The Kier molecular flexibility index (Phi) is 5.02. The fourth-order valence-electron chi connectivity index (χ4n) is 2.47. The number of nitrogens with zero attached hydrogens (tertiary/aromatic N) is 4. The zero-order chi connectivity index (χ0) is 15.6. The number of aromatic nitrogens is 4. The first-order chi connectivity index (χ1) is 10.0. The van der Waals surface area contributed by atoms with E-state index in [-0.39, 0.29) is 24.7 Å². The molecule has 7 nitrogen and oxygen atoms in total. The van der Waals surface area contributed by atoms with Crippen molar-refractivity contribution in [3.05, 3.63) is 5.82 Å². The number of imidazole rings is 1. The predicted octanol–water partition coefficient (Wildman–Crippen LogP) is 1.40. The summed E-state index contributed by atoms with van der Waals surface area (Å²) in [6.07, 6.45) is 2.39. The summed E-state index contributed by atoms with van der Waals surface area (Å²) in [4.78, 5) is 13.1. The van der Waals surface area contributed by atoms with Crippen LogP contribution in [0.3, 0.4) is 0 Å². The quantitative estimate of drug-likeness (QED) is 0.614. The van der Waals surface area contributed by atoms with E-state index in [0.29, 0.717) is 6.42 Å². The van der Waals surface area contributed by atoms with Gasteiger partial charge in [0, 0.05) is 13.2 Å². The van der Waals surface area contributed by atoms with E-state index in [2.05, 4.69) is 15.0 Å². The summed E-state index contributed by atoms with van der Waals surface area (Å²) in [5.41, 5.74) is 7.28. The highest BCUT2D eigenvalue weighted by Crippen LogP contribution is 2.28. The molecule has 0 radical (unpaired) electrons. The van der Waals surface area contributed by atoms with Crippen molar-refractivity contribution in [2.24, 2.45) is 0 Å². The number of rotatable bonds is 6. The van der Waals surface area contributed by atoms with Gasteiger partial charge in [-0.1, -0.05) is 0 Å². The number of hydrogen-bond acceptors (Lipinski definition) is 7. The van der Waals surface area contributed by atoms with Gasteiger partial charge in [-0.25, -0.2) is 9.97 Å². The summed E-state index contributed by atoms with van der Waals surface area (Å²) in [7, 11) is 1.60. The largest absolute Gasteiger partial charge is 0.394 e. The highest BCUT2D eigenvalue weighted by Gasteiger charge is 2.20. The Bertz CT molecular complexity index is 627. The van der Waals surface area contributed by atoms with Crippen LogP contribution in [-0.4, -0.2) is 50.7 Å². The monoisotopic (exact) mass is 311 g/mol. The van der Waals surface area contributed by atoms with Crippen molar-refractivity contribution in [1.29, 1.82) is 0 Å². The van der Waals surface area contributed by atoms with Crippen LogP contribution in [0.4, 0.5) is 5.95 Å². The average Bonchev–Trinajstić information content (AvgIpc) is 2.79. The maximum absolute atomic E-state index is 9.28. The van der Waals surface area contributed by atoms with Crippen LogP contribution < -0.4 is 5.73 Å². The highest BCUT2D eigenvalue weighted by molar-refractivity contribution is 7.98. The molecule has 2 rings (SSSR count). The number of nitrogen functional groups attached to an aromatic ring is 1. The summed E-state index contributed by atoms with van der Waals surface area (Å²) < 4.78 is 7.27. The zero-order valence-corrected chi connectivity index (χ0v) is 13.5. The smallest absolute Gasteiger partial charge is 0.223 e. The lowest BCUT2D eigenvalue weighted by molar-refractivity contribution is 0.0347. The van der Waals surface area contributed by atoms with Gasteiger partial charge in [-0.15, -0.1) is 11.8 Å². The van der Waals surface area contributed by atoms with Crippen molar-refractivity contribution in [1.82, 2.24) is 19.5 Å². The molecule has 0 aliphatic rings. The second kappa shape index (κ2) is 6.59. The Morgan fingerprint density at radius 3 is 2.67 bits per heavy atom. The van der Waals surface area contributed by atoms with Gasteiger partial charge in [0.15, 0.2) is 5.65 Å². The first-order valence-corrected chi connectivity index (χ1v) is 7.94. The normalized spacial score (nSPS) is 14.5. The molecule has 0 amide bonds. The van der Waals surface area contributed by atoms with Gasteiger partial charge in [-0.2, -0.15) is 4.98 Å². The molecule has 21 heavy (non-hydrogen) atoms. The third-order valence-corrected chi connectivity index (χ3v) is 4.15. The molecular formula is C13H21N5O2S. The minimum absolute atomic E-state index is 0.0142. The van der Waals surface area contributed by atoms with Crippen LogP contribution in [0.25, 0.3) is 11.2 Å². The summed E-state index contributed by atoms with van der Waals surface area (Å²) in [5, 5.41) is 10.1. The molecule has 0 saturated heterocycles. The molecule has 0 bridgehead atoms. The topological polar surface area (TPSA) is 99.1 Å². The number of ether oxygens (including phenoxy) is 1. The molecule has 0 aliphatic carbocycles. The van der Waals surface area contributed by atoms with Gasteiger partial charge in [0.25, 0.3) is 0 Å². The Hall–Kier alpha value is -1.38. The van der Waals surface area contributed by atoms with Crippen molar-refractivity contribution >= 4 is 28.9 Å². The lowest BCUT2D eigenvalue weighted by Gasteiger charge is -2.20. The van der Waals surface area contributed by atoms with Gasteiger partial charge < -0.3 is 20.1 Å². The first kappa shape index (κ1) is 16.0. The van der Waals surface area contributed by atoms with Crippen LogP contribution in [-0.2, 0) is 4.74 Å². The summed E-state index contributed by atoms with van der Waals surface area (Å²) in [6.45, 7) is 3.96. The van der Waals surface area contributed by atoms with Crippen LogP contribution >= 0.6 is 11.8 Å². The second-order valence-electron chi connectivity index (χ2n) is 4.92. The second-order valence-corrected chi connectivity index (χ2v) is 5.71. The summed E-state index contributed by atoms with van der Waals surface area (Å²) in [5.74, 6) is 1.09. The molecule has 2 aromatic heterocycles. The number of nitrogens with two attached hydrogens (primary N) is 1. The molecule has 8 heteroatoms. The Balaban J connectivity index is 2.48. The van der Waals surface area contributed by atoms with E-state index in [1.165, 1.54) is 11.8 Å². The average molecular weight is 311 g/mol. The fourth-order valence-corrected chi connectivity index (χ4v) is 2.99. The molecule has 0 saturated carbocycles. The predicted molar refractivity (Wildman–Crippen MR) is 83.5 cm³/mol. The highest BCUT2D eigenvalue weighted by atomic mass is 32.2. The van der Waals surface area contributed by atoms with Gasteiger partial charge in [0.1, 0.15) is 16.4 Å². The number of aliphatic hydroxyl groups excluding tert-OH is 1. The lowest BCUT2D eigenvalue weighted by atomic mass is 10.1. The Morgan fingerprint density at radius 1 is 1.38 bits per heavy atom. The number of aryl methyl sites for hydroxylation is 1. The summed E-state index contributed by atoms with van der Waals surface area (Å²) in [6, 6.07) is 0.0797. The number of fused-ring (bicyclic) bond motifs is 1. The summed E-state index contributed by atoms with van der Waals surface area (Å²) >= 11 is 1.50. The van der Waals surface area contributed by atoms with E-state index in [0.717, 1.165) is 22.0 Å². The number of methoxy groups -OCH3 is 1. The minimum Gasteiger partial charge on any atom is -0.394 e. The Morgan fingerprint density at radius 2 is 2.10 bits per heavy atom. The van der Waals surface area contributed by atoms with Gasteiger partial charge in [-0.3, -0.25) is 0 Å². The molecule has 2 aromatic rings. The molecule has 0 aliphatic heterocycles. The molecule has 116 valence electrons. The van der Waals surface area contributed by atoms with E-state index in [9.17, 15) is 5.11 Å². The number of thioether (sulfide) groups is 1. The SMILES string of the molecule is COC(CO)CC(C)n1c(C)nc2c(SC)nc(N)nc21. The van der Waals surface area contributed by atoms with E-state index in [1.54, 1.807) is 7.11 Å². The van der Waals surface area contributed by atoms with Crippen molar-refractivity contribution in [2.75, 3.05) is 25.7 Å². The fraction of sp³-hybridized carbons (Fsp3) is 0.615. The number of anilines is 1. The minimum atomic E-state index is -0.212. The third kappa shape index (κ3) is 3.12. The lowest BCUT2D eigenvalue weighted by Crippen LogP contribution is -2.21. The first-order valence-electron chi connectivity index (χ1n) is 6.71. The zero-order valence-electron chi connectivity index (χ0n) is 12.7. The van der Waals surface area contributed by atoms with Crippen LogP contribution in [0.5, 0.6) is 0 Å². The van der Waals surface area contributed by atoms with E-state index < -0.39 is 0 Å². The molecule has 2 atom stereocenters. The maximum atomic E-state index is 9.28. The van der Waals surface area contributed by atoms with Crippen molar-refractivity contribution in [3.8, 4) is 0 Å². The van der Waals surface area contributed by atoms with Gasteiger partial charge in [0.05, 0.1) is 12.7 Å². The number of hydrogen-bond donors (Lipinski definition) is 2. The van der Waals surface area contributed by atoms with Gasteiger partial charge >= 0.3 is 0 Å². The van der Waals surface area contributed by atoms with Gasteiger partial charge in [-0.05, 0) is 26.5 Å². The van der Waals surface area contributed by atoms with E-state index in [4.69, 9.17) is 10.5 Å². The van der Waals surface area contributed by atoms with Crippen LogP contribution in [0, 0.1) is 6.92 Å².